The zero-order valence-electron chi connectivity index (χ0n) is 11.2. The lowest BCUT2D eigenvalue weighted by atomic mass is 10.1. The van der Waals surface area contributed by atoms with Crippen molar-refractivity contribution in [2.24, 2.45) is 4.99 Å². The van der Waals surface area contributed by atoms with Gasteiger partial charge in [0.1, 0.15) is 0 Å². The average molecular weight is 321 g/mol. The molecule has 9 nitrogen and oxygen atoms in total. The quantitative estimate of drug-likeness (QED) is 0.423. The molecule has 2 aromatic rings. The van der Waals surface area contributed by atoms with E-state index in [9.17, 15) is 19.7 Å². The van der Waals surface area contributed by atoms with Crippen molar-refractivity contribution in [1.29, 1.82) is 0 Å². The molecule has 22 heavy (non-hydrogen) atoms. The number of nitro benzene ring substituents is 1. The zero-order chi connectivity index (χ0) is 15.7. The molecule has 0 saturated carbocycles. The number of thioether (sulfide) groups is 1. The number of aromatic amines is 2. The van der Waals surface area contributed by atoms with Crippen molar-refractivity contribution < 1.29 is 4.92 Å². The van der Waals surface area contributed by atoms with Crippen LogP contribution in [-0.2, 0) is 6.54 Å². The minimum Gasteiger partial charge on any atom is -0.361 e. The van der Waals surface area contributed by atoms with Gasteiger partial charge < -0.3 is 15.3 Å². The van der Waals surface area contributed by atoms with E-state index in [1.807, 2.05) is 0 Å². The Morgan fingerprint density at radius 1 is 1.32 bits per heavy atom. The van der Waals surface area contributed by atoms with Crippen LogP contribution >= 0.6 is 11.8 Å². The van der Waals surface area contributed by atoms with Crippen molar-refractivity contribution in [3.63, 3.8) is 0 Å². The Morgan fingerprint density at radius 2 is 2.09 bits per heavy atom. The number of non-ortho nitro benzene ring substituents is 1. The lowest BCUT2D eigenvalue weighted by Crippen LogP contribution is -2.29. The number of aliphatic imine (C=N–C) groups is 1. The van der Waals surface area contributed by atoms with E-state index in [0.29, 0.717) is 11.1 Å². The molecule has 0 bridgehead atoms. The van der Waals surface area contributed by atoms with Gasteiger partial charge in [0.25, 0.3) is 5.69 Å². The lowest BCUT2D eigenvalue weighted by molar-refractivity contribution is -0.384. The summed E-state index contributed by atoms with van der Waals surface area (Å²) in [5, 5.41) is 14.8. The summed E-state index contributed by atoms with van der Waals surface area (Å²) in [7, 11) is 0. The van der Waals surface area contributed by atoms with Crippen molar-refractivity contribution in [3.8, 4) is 0 Å². The van der Waals surface area contributed by atoms with Gasteiger partial charge in [-0.2, -0.15) is 0 Å². The first kappa shape index (κ1) is 14.3. The second-order valence-electron chi connectivity index (χ2n) is 4.58. The predicted molar refractivity (Wildman–Crippen MR) is 83.4 cm³/mol. The van der Waals surface area contributed by atoms with E-state index in [4.69, 9.17) is 0 Å². The molecule has 0 atom stereocenters. The van der Waals surface area contributed by atoms with Crippen molar-refractivity contribution in [2.75, 3.05) is 12.3 Å². The summed E-state index contributed by atoms with van der Waals surface area (Å²) in [4.78, 5) is 42.4. The van der Waals surface area contributed by atoms with Crippen LogP contribution in [0, 0.1) is 10.1 Å². The summed E-state index contributed by atoms with van der Waals surface area (Å²) in [6.07, 6.45) is 0. The SMILES string of the molecule is O=c1[nH]c2cc([N+](=O)[O-])cc(CNC3=NCCS3)c2[nH]c1=O. The van der Waals surface area contributed by atoms with Crippen molar-refractivity contribution in [2.45, 2.75) is 6.54 Å². The maximum absolute atomic E-state index is 11.5. The molecule has 2 heterocycles. The molecule has 10 heteroatoms. The summed E-state index contributed by atoms with van der Waals surface area (Å²) in [5.74, 6) is 0.891. The van der Waals surface area contributed by atoms with Crippen LogP contribution in [0.1, 0.15) is 5.56 Å². The summed E-state index contributed by atoms with van der Waals surface area (Å²) in [5.41, 5.74) is -0.707. The molecule has 0 aliphatic carbocycles. The first-order chi connectivity index (χ1) is 10.5. The normalized spacial score (nSPS) is 14.1. The second-order valence-corrected chi connectivity index (χ2v) is 5.67. The number of nitrogens with one attached hydrogen (secondary N) is 3. The molecule has 1 aromatic carbocycles. The molecule has 3 rings (SSSR count). The van der Waals surface area contributed by atoms with Crippen LogP contribution in [0.4, 0.5) is 5.69 Å². The summed E-state index contributed by atoms with van der Waals surface area (Å²) in [6, 6.07) is 2.59. The molecular weight excluding hydrogens is 310 g/mol. The largest absolute Gasteiger partial charge is 0.361 e. The molecule has 114 valence electrons. The molecule has 0 fully saturated rings. The van der Waals surface area contributed by atoms with Crippen LogP contribution in [0.25, 0.3) is 11.0 Å². The van der Waals surface area contributed by atoms with Gasteiger partial charge in [0.2, 0.25) is 0 Å². The van der Waals surface area contributed by atoms with E-state index in [1.54, 1.807) is 11.8 Å². The fourth-order valence-electron chi connectivity index (χ4n) is 2.14. The maximum Gasteiger partial charge on any atom is 0.314 e. The number of hydrogen-bond donors (Lipinski definition) is 3. The molecule has 1 aliphatic rings. The van der Waals surface area contributed by atoms with E-state index in [0.717, 1.165) is 17.5 Å². The number of aromatic nitrogens is 2. The minimum atomic E-state index is -0.845. The van der Waals surface area contributed by atoms with Gasteiger partial charge in [0, 0.05) is 30.0 Å². The number of hydrogen-bond acceptors (Lipinski definition) is 7. The fourth-order valence-corrected chi connectivity index (χ4v) is 2.87. The van der Waals surface area contributed by atoms with E-state index in [1.165, 1.54) is 12.1 Å². The van der Waals surface area contributed by atoms with E-state index < -0.39 is 16.0 Å². The highest BCUT2D eigenvalue weighted by Gasteiger charge is 2.15. The molecule has 0 spiro atoms. The Kier molecular flexibility index (Phi) is 3.67. The number of nitro groups is 1. The fraction of sp³-hybridized carbons (Fsp3) is 0.250. The van der Waals surface area contributed by atoms with Gasteiger partial charge in [-0.25, -0.2) is 0 Å². The summed E-state index contributed by atoms with van der Waals surface area (Å²) < 4.78 is 0. The van der Waals surface area contributed by atoms with Gasteiger partial charge in [-0.15, -0.1) is 0 Å². The number of amidine groups is 1. The molecule has 1 aromatic heterocycles. The Hall–Kier alpha value is -2.62. The number of H-pyrrole nitrogens is 2. The van der Waals surface area contributed by atoms with Crippen LogP contribution in [0.15, 0.2) is 26.7 Å². The summed E-state index contributed by atoms with van der Waals surface area (Å²) in [6.45, 7) is 0.985. The topological polar surface area (TPSA) is 133 Å². The molecule has 0 unspecified atom stereocenters. The third-order valence-electron chi connectivity index (χ3n) is 3.12. The van der Waals surface area contributed by atoms with Crippen LogP contribution in [0.3, 0.4) is 0 Å². The molecule has 1 aliphatic heterocycles. The summed E-state index contributed by atoms with van der Waals surface area (Å²) >= 11 is 1.56. The van der Waals surface area contributed by atoms with Crippen LogP contribution < -0.4 is 16.4 Å². The van der Waals surface area contributed by atoms with Gasteiger partial charge in [-0.05, 0) is 0 Å². The standard InChI is InChI=1S/C12H11N5O4S/c18-10-11(19)16-9-6(5-14-12-13-1-2-22-12)3-7(17(20)21)4-8(9)15-10/h3-4H,1-2,5H2,(H,13,14)(H,15,18)(H,16,19). The van der Waals surface area contributed by atoms with Gasteiger partial charge >= 0.3 is 11.1 Å². The monoisotopic (exact) mass is 321 g/mol. The van der Waals surface area contributed by atoms with Crippen molar-refractivity contribution >= 4 is 33.7 Å². The predicted octanol–water partition coefficient (Wildman–Crippen LogP) is 0.317. The van der Waals surface area contributed by atoms with Gasteiger partial charge in [0.15, 0.2) is 5.17 Å². The van der Waals surface area contributed by atoms with Gasteiger partial charge in [-0.1, -0.05) is 11.8 Å². The van der Waals surface area contributed by atoms with E-state index in [2.05, 4.69) is 20.3 Å². The average Bonchev–Trinajstić information content (AvgIpc) is 2.99. The Bertz CT molecular complexity index is 901. The first-order valence-electron chi connectivity index (χ1n) is 6.39. The number of fused-ring (bicyclic) bond motifs is 1. The molecule has 3 N–H and O–H groups in total. The first-order valence-corrected chi connectivity index (χ1v) is 7.38. The Morgan fingerprint density at radius 3 is 2.77 bits per heavy atom. The Balaban J connectivity index is 2.08. The molecule has 0 saturated heterocycles. The van der Waals surface area contributed by atoms with E-state index in [-0.39, 0.29) is 17.7 Å². The van der Waals surface area contributed by atoms with Crippen molar-refractivity contribution in [3.05, 3.63) is 48.5 Å². The van der Waals surface area contributed by atoms with Crippen LogP contribution in [-0.4, -0.2) is 32.4 Å². The highest BCUT2D eigenvalue weighted by atomic mass is 32.2. The number of rotatable bonds is 3. The van der Waals surface area contributed by atoms with Crippen LogP contribution in [0.5, 0.6) is 0 Å². The highest BCUT2D eigenvalue weighted by molar-refractivity contribution is 8.14. The highest BCUT2D eigenvalue weighted by Crippen LogP contribution is 2.21. The van der Waals surface area contributed by atoms with Gasteiger partial charge in [0.05, 0.1) is 22.5 Å². The maximum atomic E-state index is 11.5. The Labute approximate surface area is 127 Å². The van der Waals surface area contributed by atoms with Crippen LogP contribution in [0.2, 0.25) is 0 Å². The smallest absolute Gasteiger partial charge is 0.314 e. The molecular formula is C12H11N5O4S. The second kappa shape index (κ2) is 5.64. The number of benzene rings is 1. The lowest BCUT2D eigenvalue weighted by Gasteiger charge is -2.08. The van der Waals surface area contributed by atoms with E-state index >= 15 is 0 Å². The van der Waals surface area contributed by atoms with Crippen molar-refractivity contribution in [1.82, 2.24) is 15.3 Å². The zero-order valence-corrected chi connectivity index (χ0v) is 12.0. The molecule has 0 amide bonds. The minimum absolute atomic E-state index is 0.159. The molecule has 0 radical (unpaired) electrons. The number of nitrogens with zero attached hydrogens (tertiary/aromatic N) is 2. The third kappa shape index (κ3) is 2.72. The van der Waals surface area contributed by atoms with Gasteiger partial charge in [-0.3, -0.25) is 24.7 Å². The third-order valence-corrected chi connectivity index (χ3v) is 4.06.